The highest BCUT2D eigenvalue weighted by atomic mass is 31.2. The monoisotopic (exact) mass is 883 g/mol. The molecule has 0 aromatic rings. The molecule has 6 unspecified atom stereocenters. The molecule has 1 fully saturated rings. The molecule has 0 aromatic heterocycles. The van der Waals surface area contributed by atoms with Crippen molar-refractivity contribution in [2.45, 2.75) is 198 Å². The summed E-state index contributed by atoms with van der Waals surface area (Å²) >= 11 is 0. The number of phosphoric acid groups is 1. The van der Waals surface area contributed by atoms with E-state index in [0.29, 0.717) is 12.8 Å². The quantitative estimate of drug-likeness (QED) is 0.0115. The number of rotatable bonds is 36. The highest BCUT2D eigenvalue weighted by Gasteiger charge is 2.51. The minimum atomic E-state index is -5.13. The number of phosphoric ester groups is 1. The molecule has 1 saturated carbocycles. The molecule has 61 heavy (non-hydrogen) atoms. The van der Waals surface area contributed by atoms with Crippen LogP contribution in [0, 0.1) is 0 Å². The Morgan fingerprint density at radius 1 is 0.525 bits per heavy atom. The van der Waals surface area contributed by atoms with E-state index < -0.39 is 75.7 Å². The van der Waals surface area contributed by atoms with Crippen LogP contribution in [-0.4, -0.2) is 98.3 Å². The minimum absolute atomic E-state index is 0.0519. The Bertz CT molecular complexity index is 1340. The van der Waals surface area contributed by atoms with Crippen LogP contribution in [0.25, 0.3) is 0 Å². The van der Waals surface area contributed by atoms with Crippen LogP contribution in [0.3, 0.4) is 0 Å². The van der Waals surface area contributed by atoms with Crippen LogP contribution in [0.5, 0.6) is 0 Å². The third-order valence-electron chi connectivity index (χ3n) is 10.0. The van der Waals surface area contributed by atoms with Crippen LogP contribution in [0.2, 0.25) is 0 Å². The number of aliphatic hydroxyl groups excluding tert-OH is 5. The third kappa shape index (κ3) is 29.3. The normalized spacial score (nSPS) is 22.7. The smallest absolute Gasteiger partial charge is 0.462 e. The average molecular weight is 883 g/mol. The SMILES string of the molecule is CCC/C=C/C/C=C/C/C=C/C/C=C/CCCCCC(=O)O[C@H](COC(=O)CCCCCCC/C=C/C=C/CCCCCC)COP(=O)(O)OC1C(O)C(O)C(O)[C@H](O)C1O. The van der Waals surface area contributed by atoms with Crippen LogP contribution in [-0.2, 0) is 32.7 Å². The molecule has 350 valence electrons. The Hall–Kier alpha value is -2.71. The molecule has 8 atom stereocenters. The lowest BCUT2D eigenvalue weighted by Gasteiger charge is -2.41. The van der Waals surface area contributed by atoms with Gasteiger partial charge in [-0.2, -0.15) is 0 Å². The van der Waals surface area contributed by atoms with E-state index in [-0.39, 0.29) is 12.8 Å². The second kappa shape index (κ2) is 36.7. The zero-order valence-corrected chi connectivity index (χ0v) is 37.8. The van der Waals surface area contributed by atoms with Gasteiger partial charge in [0.15, 0.2) is 6.10 Å². The number of esters is 2. The number of unbranched alkanes of at least 4 members (excludes halogenated alkanes) is 13. The van der Waals surface area contributed by atoms with Crippen LogP contribution in [0.15, 0.2) is 72.9 Å². The van der Waals surface area contributed by atoms with Gasteiger partial charge in [-0.3, -0.25) is 18.6 Å². The van der Waals surface area contributed by atoms with Gasteiger partial charge in [0.25, 0.3) is 0 Å². The van der Waals surface area contributed by atoms with E-state index >= 15 is 0 Å². The number of hydrogen-bond donors (Lipinski definition) is 6. The van der Waals surface area contributed by atoms with Gasteiger partial charge in [0.2, 0.25) is 0 Å². The van der Waals surface area contributed by atoms with Crippen molar-refractivity contribution in [2.24, 2.45) is 0 Å². The summed E-state index contributed by atoms with van der Waals surface area (Å²) in [6, 6.07) is 0. The Morgan fingerprint density at radius 3 is 1.52 bits per heavy atom. The standard InChI is InChI=1S/C47H79O13P/c1-3-5-7-9-11-13-15-17-19-20-22-24-26-28-30-32-34-36-41(49)59-39(38-58-61(55,56)60-47-45(53)43(51)42(50)44(52)46(47)54)37-57-40(48)35-33-31-29-27-25-23-21-18-16-14-12-10-8-6-4-2/h7,9,13-16,18-21,24,26,39,42-47,50-54H,3-6,8,10-12,17,22-23,25,27-38H2,1-2H3,(H,55,56)/b9-7+,15-13+,16-14+,20-19+,21-18+,26-24+/t39-,42?,43+,44?,45?,46?,47?/m1/s1. The Morgan fingerprint density at radius 2 is 0.967 bits per heavy atom. The molecule has 14 heteroatoms. The molecule has 0 spiro atoms. The van der Waals surface area contributed by atoms with Crippen molar-refractivity contribution < 1.29 is 63.1 Å². The maximum absolute atomic E-state index is 12.8. The molecule has 13 nitrogen and oxygen atoms in total. The molecule has 0 radical (unpaired) electrons. The largest absolute Gasteiger partial charge is 0.472 e. The van der Waals surface area contributed by atoms with E-state index in [1.54, 1.807) is 0 Å². The number of hydrogen-bond acceptors (Lipinski definition) is 12. The summed E-state index contributed by atoms with van der Waals surface area (Å²) in [5.41, 5.74) is 0. The lowest BCUT2D eigenvalue weighted by atomic mass is 9.85. The van der Waals surface area contributed by atoms with Crippen LogP contribution in [0.4, 0.5) is 0 Å². The van der Waals surface area contributed by atoms with Crippen LogP contribution in [0.1, 0.15) is 155 Å². The number of aliphatic hydroxyl groups is 5. The van der Waals surface area contributed by atoms with Crippen molar-refractivity contribution >= 4 is 19.8 Å². The molecule has 6 N–H and O–H groups in total. The van der Waals surface area contributed by atoms with Gasteiger partial charge in [-0.05, 0) is 77.0 Å². The summed E-state index contributed by atoms with van der Waals surface area (Å²) in [4.78, 5) is 35.7. The maximum atomic E-state index is 12.8. The molecule has 1 aliphatic rings. The molecular formula is C47H79O13P. The first-order chi connectivity index (χ1) is 29.4. The van der Waals surface area contributed by atoms with Gasteiger partial charge in [0.05, 0.1) is 6.61 Å². The average Bonchev–Trinajstić information content (AvgIpc) is 3.24. The van der Waals surface area contributed by atoms with E-state index in [0.717, 1.165) is 83.5 Å². The topological polar surface area (TPSA) is 210 Å². The Kier molecular flexibility index (Phi) is 33.9. The summed E-state index contributed by atoms with van der Waals surface area (Å²) in [7, 11) is -5.13. The van der Waals surface area contributed by atoms with E-state index in [2.05, 4.69) is 86.8 Å². The van der Waals surface area contributed by atoms with E-state index in [9.17, 15) is 44.6 Å². The lowest BCUT2D eigenvalue weighted by Crippen LogP contribution is -2.64. The number of carbonyl (C=O) groups is 2. The van der Waals surface area contributed by atoms with Crippen molar-refractivity contribution in [1.82, 2.24) is 0 Å². The van der Waals surface area contributed by atoms with Gasteiger partial charge >= 0.3 is 19.8 Å². The Balaban J connectivity index is 2.52. The highest BCUT2D eigenvalue weighted by Crippen LogP contribution is 2.47. The summed E-state index contributed by atoms with van der Waals surface area (Å²) in [6.45, 7) is 3.16. The molecule has 0 aromatic carbocycles. The summed E-state index contributed by atoms with van der Waals surface area (Å²) in [5, 5.41) is 50.1. The van der Waals surface area contributed by atoms with Crippen molar-refractivity contribution in [1.29, 1.82) is 0 Å². The van der Waals surface area contributed by atoms with E-state index in [1.807, 2.05) is 0 Å². The molecule has 0 amide bonds. The second-order valence-corrected chi connectivity index (χ2v) is 17.0. The number of ether oxygens (including phenoxy) is 2. The fourth-order valence-electron chi connectivity index (χ4n) is 6.33. The molecule has 0 saturated heterocycles. The van der Waals surface area contributed by atoms with Crippen molar-refractivity contribution in [3.8, 4) is 0 Å². The van der Waals surface area contributed by atoms with Gasteiger partial charge in [-0.1, -0.05) is 138 Å². The third-order valence-corrected chi connectivity index (χ3v) is 11.0. The van der Waals surface area contributed by atoms with E-state index in [1.165, 1.54) is 32.1 Å². The van der Waals surface area contributed by atoms with Crippen LogP contribution < -0.4 is 0 Å². The Labute approximate surface area is 365 Å². The van der Waals surface area contributed by atoms with Gasteiger partial charge in [0.1, 0.15) is 43.2 Å². The fourth-order valence-corrected chi connectivity index (χ4v) is 7.30. The molecule has 1 rings (SSSR count). The van der Waals surface area contributed by atoms with E-state index in [4.69, 9.17) is 18.5 Å². The summed E-state index contributed by atoms with van der Waals surface area (Å²) in [5.74, 6) is -1.16. The van der Waals surface area contributed by atoms with Crippen molar-refractivity contribution in [2.75, 3.05) is 13.2 Å². The molecule has 0 heterocycles. The van der Waals surface area contributed by atoms with Gasteiger partial charge in [-0.15, -0.1) is 0 Å². The first kappa shape index (κ1) is 56.3. The first-order valence-electron chi connectivity index (χ1n) is 22.8. The number of allylic oxidation sites excluding steroid dienone is 12. The predicted octanol–water partition coefficient (Wildman–Crippen LogP) is 8.72. The second-order valence-electron chi connectivity index (χ2n) is 15.6. The number of carbonyl (C=O) groups excluding carboxylic acids is 2. The van der Waals surface area contributed by atoms with Crippen molar-refractivity contribution in [3.63, 3.8) is 0 Å². The minimum Gasteiger partial charge on any atom is -0.462 e. The van der Waals surface area contributed by atoms with Crippen LogP contribution >= 0.6 is 7.82 Å². The summed E-state index contributed by atoms with van der Waals surface area (Å²) in [6.07, 6.45) is 32.4. The fraction of sp³-hybridized carbons (Fsp3) is 0.702. The zero-order valence-electron chi connectivity index (χ0n) is 36.9. The van der Waals surface area contributed by atoms with Gasteiger partial charge < -0.3 is 39.9 Å². The van der Waals surface area contributed by atoms with Gasteiger partial charge in [-0.25, -0.2) is 4.57 Å². The van der Waals surface area contributed by atoms with Gasteiger partial charge in [0, 0.05) is 12.8 Å². The molecular weight excluding hydrogens is 803 g/mol. The lowest BCUT2D eigenvalue weighted by molar-refractivity contribution is -0.220. The van der Waals surface area contributed by atoms with Crippen molar-refractivity contribution in [3.05, 3.63) is 72.9 Å². The molecule has 0 aliphatic heterocycles. The zero-order chi connectivity index (χ0) is 45.0. The highest BCUT2D eigenvalue weighted by molar-refractivity contribution is 7.47. The summed E-state index contributed by atoms with van der Waals surface area (Å²) < 4.78 is 33.5. The predicted molar refractivity (Wildman–Crippen MR) is 239 cm³/mol. The molecule has 0 bridgehead atoms. The first-order valence-corrected chi connectivity index (χ1v) is 24.3. The molecule has 1 aliphatic carbocycles. The maximum Gasteiger partial charge on any atom is 0.472 e.